The van der Waals surface area contributed by atoms with Crippen molar-refractivity contribution in [3.8, 4) is 11.4 Å². The van der Waals surface area contributed by atoms with Gasteiger partial charge in [0.25, 0.3) is 0 Å². The van der Waals surface area contributed by atoms with E-state index >= 15 is 0 Å². The second kappa shape index (κ2) is 5.95. The minimum Gasteiger partial charge on any atom is -0.334 e. The van der Waals surface area contributed by atoms with Gasteiger partial charge in [0.2, 0.25) is 0 Å². The van der Waals surface area contributed by atoms with Crippen LogP contribution in [-0.4, -0.2) is 26.3 Å². The molecule has 112 valence electrons. The molecule has 6 heteroatoms. The number of aryl methyl sites for hydroxylation is 1. The predicted molar refractivity (Wildman–Crippen MR) is 81.6 cm³/mol. The molecule has 2 aromatic rings. The zero-order valence-corrected chi connectivity index (χ0v) is 12.8. The maximum Gasteiger partial charge on any atom is 0.315 e. The van der Waals surface area contributed by atoms with Crippen LogP contribution in [0.3, 0.4) is 0 Å². The lowest BCUT2D eigenvalue weighted by molar-refractivity contribution is 0.231. The van der Waals surface area contributed by atoms with Crippen molar-refractivity contribution in [1.82, 2.24) is 25.4 Å². The van der Waals surface area contributed by atoms with Gasteiger partial charge in [-0.1, -0.05) is 6.07 Å². The van der Waals surface area contributed by atoms with Crippen molar-refractivity contribution in [2.45, 2.75) is 32.9 Å². The average molecular weight is 287 g/mol. The zero-order valence-electron chi connectivity index (χ0n) is 12.8. The van der Waals surface area contributed by atoms with Gasteiger partial charge in [0, 0.05) is 18.8 Å². The highest BCUT2D eigenvalue weighted by Gasteiger charge is 2.14. The number of hydrogen-bond donors (Lipinski definition) is 2. The second-order valence-electron chi connectivity index (χ2n) is 5.92. The van der Waals surface area contributed by atoms with Crippen molar-refractivity contribution in [3.63, 3.8) is 0 Å². The molecular weight excluding hydrogens is 266 g/mol. The van der Waals surface area contributed by atoms with E-state index in [4.69, 9.17) is 0 Å². The van der Waals surface area contributed by atoms with Gasteiger partial charge in [0.05, 0.1) is 23.6 Å². The summed E-state index contributed by atoms with van der Waals surface area (Å²) >= 11 is 0. The monoisotopic (exact) mass is 287 g/mol. The Morgan fingerprint density at radius 3 is 2.71 bits per heavy atom. The van der Waals surface area contributed by atoms with E-state index in [0.717, 1.165) is 17.1 Å². The van der Waals surface area contributed by atoms with E-state index in [1.807, 2.05) is 52.1 Å². The molecule has 2 N–H and O–H groups in total. The van der Waals surface area contributed by atoms with Crippen LogP contribution >= 0.6 is 0 Å². The molecule has 0 bridgehead atoms. The van der Waals surface area contributed by atoms with Crippen molar-refractivity contribution in [1.29, 1.82) is 0 Å². The molecule has 0 spiro atoms. The first-order valence-electron chi connectivity index (χ1n) is 6.85. The third-order valence-corrected chi connectivity index (χ3v) is 2.78. The molecule has 0 aliphatic carbocycles. The number of nitrogens with zero attached hydrogens (tertiary/aromatic N) is 3. The fourth-order valence-corrected chi connectivity index (χ4v) is 1.92. The highest BCUT2D eigenvalue weighted by molar-refractivity contribution is 5.74. The Morgan fingerprint density at radius 2 is 2.10 bits per heavy atom. The summed E-state index contributed by atoms with van der Waals surface area (Å²) in [6.07, 6.45) is 1.75. The largest absolute Gasteiger partial charge is 0.334 e. The molecule has 0 fully saturated rings. The van der Waals surface area contributed by atoms with Crippen LogP contribution in [0.1, 0.15) is 26.5 Å². The van der Waals surface area contributed by atoms with E-state index < -0.39 is 0 Å². The molecule has 0 saturated heterocycles. The molecule has 2 amide bonds. The Morgan fingerprint density at radius 1 is 1.33 bits per heavy atom. The van der Waals surface area contributed by atoms with Gasteiger partial charge in [-0.25, -0.2) is 4.79 Å². The summed E-state index contributed by atoms with van der Waals surface area (Å²) in [5.41, 5.74) is 2.32. The van der Waals surface area contributed by atoms with Gasteiger partial charge >= 0.3 is 6.03 Å². The van der Waals surface area contributed by atoms with E-state index in [0.29, 0.717) is 6.54 Å². The van der Waals surface area contributed by atoms with E-state index in [2.05, 4.69) is 20.7 Å². The molecule has 2 heterocycles. The van der Waals surface area contributed by atoms with Gasteiger partial charge in [-0.05, 0) is 39.0 Å². The smallest absolute Gasteiger partial charge is 0.315 e. The van der Waals surface area contributed by atoms with E-state index in [9.17, 15) is 4.79 Å². The van der Waals surface area contributed by atoms with Crippen molar-refractivity contribution in [2.24, 2.45) is 7.05 Å². The molecule has 2 rings (SSSR count). The molecule has 6 nitrogen and oxygen atoms in total. The van der Waals surface area contributed by atoms with Gasteiger partial charge in [0.15, 0.2) is 0 Å². The number of pyridine rings is 1. The van der Waals surface area contributed by atoms with Crippen LogP contribution in [0.25, 0.3) is 11.4 Å². The first kappa shape index (κ1) is 15.0. The van der Waals surface area contributed by atoms with E-state index in [-0.39, 0.29) is 11.6 Å². The van der Waals surface area contributed by atoms with Gasteiger partial charge in [-0.2, -0.15) is 5.10 Å². The Hall–Kier alpha value is -2.37. The summed E-state index contributed by atoms with van der Waals surface area (Å²) in [4.78, 5) is 16.0. The van der Waals surface area contributed by atoms with Crippen LogP contribution in [0.5, 0.6) is 0 Å². The van der Waals surface area contributed by atoms with E-state index in [1.165, 1.54) is 0 Å². The van der Waals surface area contributed by atoms with Crippen LogP contribution in [-0.2, 0) is 13.6 Å². The lowest BCUT2D eigenvalue weighted by Gasteiger charge is -2.20. The summed E-state index contributed by atoms with van der Waals surface area (Å²) in [5, 5.41) is 10.0. The number of hydrogen-bond acceptors (Lipinski definition) is 3. The van der Waals surface area contributed by atoms with Crippen LogP contribution in [0.4, 0.5) is 4.79 Å². The summed E-state index contributed by atoms with van der Waals surface area (Å²) < 4.78 is 1.76. The number of nitrogens with one attached hydrogen (secondary N) is 2. The minimum absolute atomic E-state index is 0.201. The van der Waals surface area contributed by atoms with Crippen LogP contribution < -0.4 is 10.6 Å². The minimum atomic E-state index is -0.257. The molecule has 0 saturated carbocycles. The van der Waals surface area contributed by atoms with Gasteiger partial charge in [-0.15, -0.1) is 0 Å². The number of carbonyl (C=O) groups is 1. The van der Waals surface area contributed by atoms with E-state index in [1.54, 1.807) is 10.9 Å². The molecule has 0 aromatic carbocycles. The third-order valence-electron chi connectivity index (χ3n) is 2.78. The van der Waals surface area contributed by atoms with Crippen molar-refractivity contribution < 1.29 is 4.79 Å². The Labute approximate surface area is 124 Å². The molecule has 0 unspecified atom stereocenters. The predicted octanol–water partition coefficient (Wildman–Crippen LogP) is 2.08. The summed E-state index contributed by atoms with van der Waals surface area (Å²) in [5.74, 6) is 0. The van der Waals surface area contributed by atoms with Crippen LogP contribution in [0.2, 0.25) is 0 Å². The topological polar surface area (TPSA) is 71.8 Å². The molecule has 2 aromatic heterocycles. The SMILES string of the molecule is Cn1nc(CNC(=O)NC(C)(C)C)cc1-c1ccccn1. The molecule has 21 heavy (non-hydrogen) atoms. The first-order valence-corrected chi connectivity index (χ1v) is 6.85. The Kier molecular flexibility index (Phi) is 4.26. The van der Waals surface area contributed by atoms with Gasteiger partial charge in [-0.3, -0.25) is 9.67 Å². The van der Waals surface area contributed by atoms with Crippen LogP contribution in [0, 0.1) is 0 Å². The Balaban J connectivity index is 2.02. The fourth-order valence-electron chi connectivity index (χ4n) is 1.92. The average Bonchev–Trinajstić information content (AvgIpc) is 2.77. The highest BCUT2D eigenvalue weighted by atomic mass is 16.2. The standard InChI is InChI=1S/C15H21N5O/c1-15(2,3)18-14(21)17-10-11-9-13(20(4)19-11)12-7-5-6-8-16-12/h5-9H,10H2,1-4H3,(H2,17,18,21). The first-order chi connectivity index (χ1) is 9.85. The lowest BCUT2D eigenvalue weighted by atomic mass is 10.1. The fraction of sp³-hybridized carbons (Fsp3) is 0.400. The number of aromatic nitrogens is 3. The number of rotatable bonds is 3. The Bertz CT molecular complexity index is 613. The third kappa shape index (κ3) is 4.30. The molecule has 0 aliphatic heterocycles. The number of urea groups is 1. The van der Waals surface area contributed by atoms with Gasteiger partial charge in [0.1, 0.15) is 0 Å². The summed E-state index contributed by atoms with van der Waals surface area (Å²) in [6.45, 7) is 6.19. The second-order valence-corrected chi connectivity index (χ2v) is 5.92. The van der Waals surface area contributed by atoms with Crippen LogP contribution in [0.15, 0.2) is 30.5 Å². The molecule has 0 atom stereocenters. The highest BCUT2D eigenvalue weighted by Crippen LogP contribution is 2.16. The van der Waals surface area contributed by atoms with Gasteiger partial charge < -0.3 is 10.6 Å². The lowest BCUT2D eigenvalue weighted by Crippen LogP contribution is -2.46. The number of amides is 2. The maximum absolute atomic E-state index is 11.7. The zero-order chi connectivity index (χ0) is 15.5. The van der Waals surface area contributed by atoms with Crippen molar-refractivity contribution >= 4 is 6.03 Å². The normalized spacial score (nSPS) is 11.2. The maximum atomic E-state index is 11.7. The molecule has 0 aliphatic rings. The molecule has 0 radical (unpaired) electrons. The summed E-state index contributed by atoms with van der Waals surface area (Å²) in [7, 11) is 1.86. The van der Waals surface area contributed by atoms with Crippen molar-refractivity contribution in [2.75, 3.05) is 0 Å². The number of carbonyl (C=O) groups excluding carboxylic acids is 1. The van der Waals surface area contributed by atoms with Crippen molar-refractivity contribution in [3.05, 3.63) is 36.2 Å². The quantitative estimate of drug-likeness (QED) is 0.908. The molecular formula is C15H21N5O. The summed E-state index contributed by atoms with van der Waals surface area (Å²) in [6, 6.07) is 7.47.